The third kappa shape index (κ3) is 3.10. The van der Waals surface area contributed by atoms with Crippen LogP contribution in [0.25, 0.3) is 0 Å². The molecule has 0 aliphatic carbocycles. The molecule has 1 unspecified atom stereocenters. The number of fused-ring (bicyclic) bond motifs is 1. The molecule has 0 bridgehead atoms. The van der Waals surface area contributed by atoms with Crippen molar-refractivity contribution in [3.05, 3.63) is 68.8 Å². The van der Waals surface area contributed by atoms with Gasteiger partial charge in [-0.05, 0) is 57.8 Å². The molecule has 0 saturated heterocycles. The van der Waals surface area contributed by atoms with E-state index < -0.39 is 0 Å². The summed E-state index contributed by atoms with van der Waals surface area (Å²) in [4.78, 5) is 12.4. The molecule has 0 spiro atoms. The van der Waals surface area contributed by atoms with Gasteiger partial charge < -0.3 is 5.32 Å². The summed E-state index contributed by atoms with van der Waals surface area (Å²) in [5, 5.41) is 3.36. The van der Waals surface area contributed by atoms with Crippen molar-refractivity contribution in [1.29, 1.82) is 0 Å². The molecule has 2 aromatic rings. The molecule has 3 heteroatoms. The van der Waals surface area contributed by atoms with E-state index in [0.29, 0.717) is 6.42 Å². The lowest BCUT2D eigenvalue weighted by Gasteiger charge is -2.25. The molecule has 2 aromatic carbocycles. The van der Waals surface area contributed by atoms with Crippen LogP contribution in [0.3, 0.4) is 0 Å². The Hall–Kier alpha value is -1.20. The number of carbonyl (C=O) groups is 1. The van der Waals surface area contributed by atoms with Crippen molar-refractivity contribution >= 4 is 28.4 Å². The number of hydrogen-bond donors (Lipinski definition) is 1. The summed E-state index contributed by atoms with van der Waals surface area (Å²) in [7, 11) is 0. The van der Waals surface area contributed by atoms with E-state index in [2.05, 4.69) is 40.0 Å². The minimum atomic E-state index is -0.0517. The summed E-state index contributed by atoms with van der Waals surface area (Å²) >= 11 is 2.28. The molecule has 0 aromatic heterocycles. The molecule has 0 radical (unpaired) electrons. The van der Waals surface area contributed by atoms with Crippen LogP contribution in [0.2, 0.25) is 0 Å². The molecule has 1 N–H and O–H groups in total. The number of Topliss-reactive ketones (excluding diaryl/α,β-unsaturated/α-hetero) is 1. The lowest BCUT2D eigenvalue weighted by Crippen LogP contribution is -2.42. The minimum absolute atomic E-state index is 0.0517. The molecule has 1 atom stereocenters. The normalized spacial score (nSPS) is 17.6. The van der Waals surface area contributed by atoms with Crippen LogP contribution in [0.5, 0.6) is 0 Å². The van der Waals surface area contributed by atoms with Gasteiger partial charge in [0.25, 0.3) is 0 Å². The quantitative estimate of drug-likeness (QED) is 0.833. The highest BCUT2D eigenvalue weighted by molar-refractivity contribution is 14.1. The van der Waals surface area contributed by atoms with E-state index in [0.717, 1.165) is 18.5 Å². The van der Waals surface area contributed by atoms with Crippen LogP contribution in [0.4, 0.5) is 0 Å². The third-order valence-corrected chi connectivity index (χ3v) is 4.48. The van der Waals surface area contributed by atoms with Gasteiger partial charge in [0.15, 0.2) is 5.78 Å². The van der Waals surface area contributed by atoms with Gasteiger partial charge in [-0.25, -0.2) is 0 Å². The van der Waals surface area contributed by atoms with Crippen LogP contribution >= 0.6 is 22.6 Å². The van der Waals surface area contributed by atoms with Crippen LogP contribution in [-0.2, 0) is 24.2 Å². The second-order valence-corrected chi connectivity index (χ2v) is 6.42. The molecule has 0 amide bonds. The fraction of sp³-hybridized carbons (Fsp3) is 0.235. The van der Waals surface area contributed by atoms with Crippen molar-refractivity contribution in [3.8, 4) is 0 Å². The van der Waals surface area contributed by atoms with E-state index in [9.17, 15) is 4.79 Å². The summed E-state index contributed by atoms with van der Waals surface area (Å²) in [5.41, 5.74) is 3.70. The molecule has 2 nitrogen and oxygen atoms in total. The highest BCUT2D eigenvalue weighted by Crippen LogP contribution is 2.18. The zero-order valence-corrected chi connectivity index (χ0v) is 13.3. The second kappa shape index (κ2) is 6.06. The Kier molecular flexibility index (Phi) is 4.17. The first-order valence-electron chi connectivity index (χ1n) is 6.80. The van der Waals surface area contributed by atoms with Gasteiger partial charge in [0.2, 0.25) is 0 Å². The predicted molar refractivity (Wildman–Crippen MR) is 88.6 cm³/mol. The van der Waals surface area contributed by atoms with Gasteiger partial charge in [-0.2, -0.15) is 0 Å². The highest BCUT2D eigenvalue weighted by Gasteiger charge is 2.23. The lowest BCUT2D eigenvalue weighted by atomic mass is 9.91. The van der Waals surface area contributed by atoms with Gasteiger partial charge in [-0.15, -0.1) is 0 Å². The van der Waals surface area contributed by atoms with Crippen molar-refractivity contribution in [2.24, 2.45) is 0 Å². The van der Waals surface area contributed by atoms with E-state index in [4.69, 9.17) is 0 Å². The Labute approximate surface area is 132 Å². The molecule has 0 fully saturated rings. The van der Waals surface area contributed by atoms with Crippen LogP contribution in [0.1, 0.15) is 16.7 Å². The smallest absolute Gasteiger partial charge is 0.154 e. The molecule has 1 heterocycles. The summed E-state index contributed by atoms with van der Waals surface area (Å²) < 4.78 is 1.20. The Morgan fingerprint density at radius 3 is 2.55 bits per heavy atom. The second-order valence-electron chi connectivity index (χ2n) is 5.18. The monoisotopic (exact) mass is 377 g/mol. The molecule has 3 rings (SSSR count). The van der Waals surface area contributed by atoms with Crippen molar-refractivity contribution in [2.45, 2.75) is 25.4 Å². The highest BCUT2D eigenvalue weighted by atomic mass is 127. The Morgan fingerprint density at radius 1 is 1.10 bits per heavy atom. The molecule has 0 saturated carbocycles. The van der Waals surface area contributed by atoms with Crippen LogP contribution in [-0.4, -0.2) is 11.8 Å². The number of nitrogens with one attached hydrogen (secondary N) is 1. The maximum absolute atomic E-state index is 12.4. The van der Waals surface area contributed by atoms with Crippen molar-refractivity contribution < 1.29 is 4.79 Å². The van der Waals surface area contributed by atoms with E-state index in [-0.39, 0.29) is 11.8 Å². The molecular weight excluding hydrogens is 361 g/mol. The van der Waals surface area contributed by atoms with Crippen LogP contribution < -0.4 is 5.32 Å². The summed E-state index contributed by atoms with van der Waals surface area (Å²) in [6.07, 6.45) is 1.32. The van der Waals surface area contributed by atoms with Crippen molar-refractivity contribution in [1.82, 2.24) is 5.32 Å². The van der Waals surface area contributed by atoms with Crippen LogP contribution in [0, 0.1) is 3.57 Å². The lowest BCUT2D eigenvalue weighted by molar-refractivity contribution is -0.120. The zero-order chi connectivity index (χ0) is 13.9. The van der Waals surface area contributed by atoms with E-state index in [1.165, 1.54) is 14.7 Å². The SMILES string of the molecule is O=C(Cc1ccc(I)cc1)C1Cc2ccccc2CN1. The Balaban J connectivity index is 1.68. The average molecular weight is 377 g/mol. The standard InChI is InChI=1S/C17H16INO/c18-15-7-5-12(6-8-15)9-17(20)16-10-13-3-1-2-4-14(13)11-19-16/h1-8,16,19H,9-11H2. The van der Waals surface area contributed by atoms with Crippen molar-refractivity contribution in [3.63, 3.8) is 0 Å². The molecular formula is C17H16INO. The van der Waals surface area contributed by atoms with Crippen LogP contribution in [0.15, 0.2) is 48.5 Å². The number of rotatable bonds is 3. The topological polar surface area (TPSA) is 29.1 Å². The Bertz CT molecular complexity index is 621. The van der Waals surface area contributed by atoms with Gasteiger partial charge in [-0.3, -0.25) is 4.79 Å². The predicted octanol–water partition coefficient (Wildman–Crippen LogP) is 3.12. The van der Waals surface area contributed by atoms with Gasteiger partial charge in [0.05, 0.1) is 6.04 Å². The maximum atomic E-state index is 12.4. The largest absolute Gasteiger partial charge is 0.303 e. The number of benzene rings is 2. The van der Waals surface area contributed by atoms with Gasteiger partial charge in [0.1, 0.15) is 0 Å². The molecule has 20 heavy (non-hydrogen) atoms. The molecule has 1 aliphatic rings. The first kappa shape index (κ1) is 13.8. The van der Waals surface area contributed by atoms with Gasteiger partial charge >= 0.3 is 0 Å². The zero-order valence-electron chi connectivity index (χ0n) is 11.1. The number of ketones is 1. The van der Waals surface area contributed by atoms with E-state index >= 15 is 0 Å². The first-order valence-corrected chi connectivity index (χ1v) is 7.87. The summed E-state index contributed by atoms with van der Waals surface area (Å²) in [6.45, 7) is 0.791. The number of carbonyl (C=O) groups excluding carboxylic acids is 1. The van der Waals surface area contributed by atoms with E-state index in [1.807, 2.05) is 36.4 Å². The number of halogens is 1. The van der Waals surface area contributed by atoms with Gasteiger partial charge in [-0.1, -0.05) is 36.4 Å². The molecule has 102 valence electrons. The number of hydrogen-bond acceptors (Lipinski definition) is 2. The Morgan fingerprint density at radius 2 is 1.80 bits per heavy atom. The third-order valence-electron chi connectivity index (χ3n) is 3.76. The maximum Gasteiger partial charge on any atom is 0.154 e. The van der Waals surface area contributed by atoms with Gasteiger partial charge in [0, 0.05) is 16.5 Å². The summed E-state index contributed by atoms with van der Waals surface area (Å²) in [6, 6.07) is 16.5. The molecule has 1 aliphatic heterocycles. The fourth-order valence-corrected chi connectivity index (χ4v) is 2.97. The van der Waals surface area contributed by atoms with E-state index in [1.54, 1.807) is 0 Å². The first-order chi connectivity index (χ1) is 9.72. The van der Waals surface area contributed by atoms with Crippen molar-refractivity contribution in [2.75, 3.05) is 0 Å². The minimum Gasteiger partial charge on any atom is -0.303 e. The fourth-order valence-electron chi connectivity index (χ4n) is 2.61. The average Bonchev–Trinajstić information content (AvgIpc) is 2.49. The summed E-state index contributed by atoms with van der Waals surface area (Å²) in [5.74, 6) is 0.278.